The second kappa shape index (κ2) is 6.33. The lowest BCUT2D eigenvalue weighted by Crippen LogP contribution is -2.45. The van der Waals surface area contributed by atoms with Crippen molar-refractivity contribution in [3.8, 4) is 0 Å². The highest BCUT2D eigenvalue weighted by atomic mass is 16.5. The molecule has 1 fully saturated rings. The van der Waals surface area contributed by atoms with E-state index in [1.807, 2.05) is 10.1 Å². The van der Waals surface area contributed by atoms with E-state index in [-0.39, 0.29) is 24.8 Å². The van der Waals surface area contributed by atoms with E-state index in [1.165, 1.54) is 4.90 Å². The fourth-order valence-electron chi connectivity index (χ4n) is 2.26. The van der Waals surface area contributed by atoms with Crippen LogP contribution in [0.2, 0.25) is 0 Å². The van der Waals surface area contributed by atoms with Crippen LogP contribution < -0.4 is 11.2 Å². The van der Waals surface area contributed by atoms with Gasteiger partial charge in [-0.15, -0.1) is 0 Å². The molecule has 2 heterocycles. The van der Waals surface area contributed by atoms with Crippen molar-refractivity contribution in [3.63, 3.8) is 0 Å². The van der Waals surface area contributed by atoms with Gasteiger partial charge in [0, 0.05) is 13.1 Å². The highest BCUT2D eigenvalue weighted by Crippen LogP contribution is 2.18. The molecule has 114 valence electrons. The topological polar surface area (TPSA) is 125 Å². The van der Waals surface area contributed by atoms with Crippen molar-refractivity contribution in [2.75, 3.05) is 19.7 Å². The number of hydrogen-bond acceptors (Lipinski definition) is 6. The fraction of sp³-hybridized carbons (Fsp3) is 0.583. The lowest BCUT2D eigenvalue weighted by Gasteiger charge is -2.30. The van der Waals surface area contributed by atoms with Gasteiger partial charge in [0.2, 0.25) is 5.69 Å². The molecular weight excluding hydrogens is 280 g/mol. The van der Waals surface area contributed by atoms with Gasteiger partial charge in [0.25, 0.3) is 11.5 Å². The van der Waals surface area contributed by atoms with Gasteiger partial charge in [-0.25, -0.2) is 9.89 Å². The summed E-state index contributed by atoms with van der Waals surface area (Å²) in [6.45, 7) is 2.60. The lowest BCUT2D eigenvalue weighted by atomic mass is 9.98. The number of aromatic nitrogens is 3. The van der Waals surface area contributed by atoms with Gasteiger partial charge in [0.05, 0.1) is 12.5 Å². The Hall–Kier alpha value is -2.45. The second-order valence-electron chi connectivity index (χ2n) is 4.70. The van der Waals surface area contributed by atoms with E-state index in [4.69, 9.17) is 4.74 Å². The van der Waals surface area contributed by atoms with Gasteiger partial charge in [-0.05, 0) is 19.8 Å². The first kappa shape index (κ1) is 14.9. The minimum absolute atomic E-state index is 0.178. The van der Waals surface area contributed by atoms with Crippen LogP contribution in [0.5, 0.6) is 0 Å². The molecule has 9 heteroatoms. The summed E-state index contributed by atoms with van der Waals surface area (Å²) in [4.78, 5) is 49.7. The molecule has 21 heavy (non-hydrogen) atoms. The molecule has 1 aromatic rings. The van der Waals surface area contributed by atoms with Gasteiger partial charge in [-0.1, -0.05) is 0 Å². The highest BCUT2D eigenvalue weighted by Gasteiger charge is 2.31. The third-order valence-corrected chi connectivity index (χ3v) is 3.24. The zero-order valence-corrected chi connectivity index (χ0v) is 11.5. The van der Waals surface area contributed by atoms with E-state index in [1.54, 1.807) is 6.92 Å². The minimum Gasteiger partial charge on any atom is -0.466 e. The maximum absolute atomic E-state index is 12.2. The fourth-order valence-corrected chi connectivity index (χ4v) is 2.26. The molecule has 0 aliphatic carbocycles. The predicted octanol–water partition coefficient (Wildman–Crippen LogP) is -1.13. The monoisotopic (exact) mass is 296 g/mol. The Labute approximate surface area is 119 Å². The van der Waals surface area contributed by atoms with Crippen LogP contribution in [0.15, 0.2) is 9.59 Å². The Bertz CT molecular complexity index is 650. The number of piperidine rings is 1. The average molecular weight is 296 g/mol. The Morgan fingerprint density at radius 2 is 2.19 bits per heavy atom. The van der Waals surface area contributed by atoms with Crippen LogP contribution in [0.1, 0.15) is 30.3 Å². The SMILES string of the molecule is CCOC(=O)C1CCCN(C(=O)c2n[nH]c(=O)[nH]c2=O)C1. The molecule has 1 saturated heterocycles. The number of carbonyl (C=O) groups excluding carboxylic acids is 2. The number of H-pyrrole nitrogens is 2. The number of aromatic amines is 2. The molecule has 0 saturated carbocycles. The summed E-state index contributed by atoms with van der Waals surface area (Å²) < 4.78 is 4.95. The molecule has 1 aliphatic heterocycles. The van der Waals surface area contributed by atoms with Crippen LogP contribution in [0.3, 0.4) is 0 Å². The number of hydrogen-bond donors (Lipinski definition) is 2. The Morgan fingerprint density at radius 3 is 2.86 bits per heavy atom. The smallest absolute Gasteiger partial charge is 0.342 e. The number of amides is 1. The van der Waals surface area contributed by atoms with Crippen LogP contribution in [0, 0.1) is 5.92 Å². The number of likely N-dealkylation sites (tertiary alicyclic amines) is 1. The van der Waals surface area contributed by atoms with E-state index in [2.05, 4.69) is 5.10 Å². The molecule has 1 aliphatic rings. The number of nitrogens with zero attached hydrogens (tertiary/aromatic N) is 2. The average Bonchev–Trinajstić information content (AvgIpc) is 2.47. The van der Waals surface area contributed by atoms with Crippen LogP contribution in [-0.2, 0) is 9.53 Å². The van der Waals surface area contributed by atoms with Crippen LogP contribution in [0.4, 0.5) is 0 Å². The summed E-state index contributed by atoms with van der Waals surface area (Å²) in [6.07, 6.45) is 1.27. The molecule has 0 bridgehead atoms. The Balaban J connectivity index is 2.14. The molecule has 1 atom stereocenters. The van der Waals surface area contributed by atoms with Crippen molar-refractivity contribution in [1.82, 2.24) is 20.1 Å². The normalized spacial score (nSPS) is 18.3. The molecule has 0 radical (unpaired) electrons. The third kappa shape index (κ3) is 3.36. The summed E-state index contributed by atoms with van der Waals surface area (Å²) >= 11 is 0. The van der Waals surface area contributed by atoms with Crippen molar-refractivity contribution >= 4 is 11.9 Å². The van der Waals surface area contributed by atoms with Gasteiger partial charge in [0.15, 0.2) is 0 Å². The highest BCUT2D eigenvalue weighted by molar-refractivity contribution is 5.92. The van der Waals surface area contributed by atoms with E-state index in [9.17, 15) is 19.2 Å². The molecular formula is C12H16N4O5. The van der Waals surface area contributed by atoms with Gasteiger partial charge in [-0.2, -0.15) is 5.10 Å². The number of carbonyl (C=O) groups is 2. The Kier molecular flexibility index (Phi) is 4.51. The van der Waals surface area contributed by atoms with Crippen molar-refractivity contribution in [3.05, 3.63) is 26.5 Å². The van der Waals surface area contributed by atoms with Crippen molar-refractivity contribution in [1.29, 1.82) is 0 Å². The molecule has 0 spiro atoms. The van der Waals surface area contributed by atoms with Gasteiger partial charge >= 0.3 is 11.7 Å². The first-order valence-corrected chi connectivity index (χ1v) is 6.67. The molecule has 2 N–H and O–H groups in total. The van der Waals surface area contributed by atoms with Crippen LogP contribution in [0.25, 0.3) is 0 Å². The van der Waals surface area contributed by atoms with Crippen molar-refractivity contribution in [2.24, 2.45) is 5.92 Å². The van der Waals surface area contributed by atoms with Crippen molar-refractivity contribution < 1.29 is 14.3 Å². The first-order chi connectivity index (χ1) is 10.0. The summed E-state index contributed by atoms with van der Waals surface area (Å²) in [5.74, 6) is -1.36. The number of ether oxygens (including phenoxy) is 1. The summed E-state index contributed by atoms with van der Waals surface area (Å²) in [5, 5.41) is 5.49. The van der Waals surface area contributed by atoms with E-state index < -0.39 is 23.1 Å². The molecule has 1 amide bonds. The molecule has 9 nitrogen and oxygen atoms in total. The van der Waals surface area contributed by atoms with E-state index >= 15 is 0 Å². The zero-order valence-electron chi connectivity index (χ0n) is 11.5. The number of esters is 1. The second-order valence-corrected chi connectivity index (χ2v) is 4.70. The minimum atomic E-state index is -0.845. The largest absolute Gasteiger partial charge is 0.466 e. The lowest BCUT2D eigenvalue weighted by molar-refractivity contribution is -0.149. The van der Waals surface area contributed by atoms with Gasteiger partial charge in [-0.3, -0.25) is 19.4 Å². The first-order valence-electron chi connectivity index (χ1n) is 6.67. The number of rotatable bonds is 3. The summed E-state index contributed by atoms with van der Waals surface area (Å²) in [5.41, 5.74) is -2.01. The third-order valence-electron chi connectivity index (χ3n) is 3.24. The predicted molar refractivity (Wildman–Crippen MR) is 70.7 cm³/mol. The standard InChI is InChI=1S/C12H16N4O5/c1-2-21-11(19)7-4-3-5-16(6-7)10(18)8-9(17)13-12(20)15-14-8/h7H,2-6H2,1H3,(H2,13,15,17,20). The quantitative estimate of drug-likeness (QED) is 0.680. The molecule has 0 aromatic carbocycles. The summed E-state index contributed by atoms with van der Waals surface area (Å²) in [6, 6.07) is 0. The van der Waals surface area contributed by atoms with Crippen LogP contribution in [-0.4, -0.2) is 51.7 Å². The van der Waals surface area contributed by atoms with Crippen molar-refractivity contribution in [2.45, 2.75) is 19.8 Å². The van der Waals surface area contributed by atoms with Gasteiger partial charge < -0.3 is 9.64 Å². The van der Waals surface area contributed by atoms with Crippen LogP contribution >= 0.6 is 0 Å². The van der Waals surface area contributed by atoms with Gasteiger partial charge in [0.1, 0.15) is 0 Å². The summed E-state index contributed by atoms with van der Waals surface area (Å²) in [7, 11) is 0. The zero-order chi connectivity index (χ0) is 15.4. The molecule has 2 rings (SSSR count). The Morgan fingerprint density at radius 1 is 1.43 bits per heavy atom. The number of nitrogens with one attached hydrogen (secondary N) is 2. The maximum Gasteiger partial charge on any atom is 0.342 e. The molecule has 1 aromatic heterocycles. The molecule has 1 unspecified atom stereocenters. The van der Waals surface area contributed by atoms with E-state index in [0.717, 1.165) is 0 Å². The van der Waals surface area contributed by atoms with E-state index in [0.29, 0.717) is 19.4 Å². The maximum atomic E-state index is 12.2.